The van der Waals surface area contributed by atoms with Crippen molar-refractivity contribution in [1.82, 2.24) is 14.0 Å². The second-order valence-corrected chi connectivity index (χ2v) is 5.34. The molecule has 0 atom stereocenters. The van der Waals surface area contributed by atoms with E-state index in [0.717, 1.165) is 36.9 Å². The molecule has 0 bridgehead atoms. The fourth-order valence-electron chi connectivity index (χ4n) is 2.57. The standard InChI is InChI=1S/C14H19N5O3/c1-17-12(10(8-15)13(21)18(2)14(17)22)16-9-11(20)19-6-4-3-5-7-19/h16H,3-7,9H2,1-2H3. The van der Waals surface area contributed by atoms with Gasteiger partial charge in [0.25, 0.3) is 5.56 Å². The Hall–Kier alpha value is -2.56. The minimum Gasteiger partial charge on any atom is -0.361 e. The molecule has 1 aliphatic heterocycles. The number of carbonyl (C=O) groups excluding carboxylic acids is 1. The van der Waals surface area contributed by atoms with Gasteiger partial charge in [0, 0.05) is 27.2 Å². The Kier molecular flexibility index (Phi) is 4.65. The number of carbonyl (C=O) groups is 1. The van der Waals surface area contributed by atoms with Crippen LogP contribution in [0, 0.1) is 11.3 Å². The zero-order chi connectivity index (χ0) is 16.3. The Balaban J connectivity index is 2.23. The Morgan fingerprint density at radius 2 is 1.82 bits per heavy atom. The summed E-state index contributed by atoms with van der Waals surface area (Å²) in [6.07, 6.45) is 3.10. The number of likely N-dealkylation sites (tertiary alicyclic amines) is 1. The van der Waals surface area contributed by atoms with Crippen molar-refractivity contribution in [3.8, 4) is 6.07 Å². The van der Waals surface area contributed by atoms with Crippen molar-refractivity contribution in [2.24, 2.45) is 14.1 Å². The Labute approximate surface area is 127 Å². The summed E-state index contributed by atoms with van der Waals surface area (Å²) in [6, 6.07) is 1.80. The molecule has 2 heterocycles. The molecule has 1 saturated heterocycles. The van der Waals surface area contributed by atoms with Gasteiger partial charge in [-0.15, -0.1) is 0 Å². The van der Waals surface area contributed by atoms with Crippen LogP contribution in [0.15, 0.2) is 9.59 Å². The zero-order valence-electron chi connectivity index (χ0n) is 12.8. The van der Waals surface area contributed by atoms with Gasteiger partial charge in [-0.3, -0.25) is 18.7 Å². The molecular weight excluding hydrogens is 286 g/mol. The maximum Gasteiger partial charge on any atom is 0.332 e. The quantitative estimate of drug-likeness (QED) is 0.802. The predicted octanol–water partition coefficient (Wildman–Crippen LogP) is -0.620. The number of nitrogens with one attached hydrogen (secondary N) is 1. The molecule has 1 aliphatic rings. The molecular formula is C14H19N5O3. The first-order valence-corrected chi connectivity index (χ1v) is 7.19. The van der Waals surface area contributed by atoms with Crippen molar-refractivity contribution in [1.29, 1.82) is 5.26 Å². The molecule has 0 aliphatic carbocycles. The average molecular weight is 305 g/mol. The minimum absolute atomic E-state index is 0.0465. The van der Waals surface area contributed by atoms with Crippen LogP contribution in [0.2, 0.25) is 0 Å². The van der Waals surface area contributed by atoms with Gasteiger partial charge in [-0.05, 0) is 19.3 Å². The van der Waals surface area contributed by atoms with E-state index in [2.05, 4.69) is 5.32 Å². The average Bonchev–Trinajstić information content (AvgIpc) is 2.55. The highest BCUT2D eigenvalue weighted by Crippen LogP contribution is 2.10. The van der Waals surface area contributed by atoms with Crippen LogP contribution >= 0.6 is 0 Å². The van der Waals surface area contributed by atoms with Gasteiger partial charge in [0.1, 0.15) is 11.9 Å². The van der Waals surface area contributed by atoms with Crippen LogP contribution in [0.1, 0.15) is 24.8 Å². The summed E-state index contributed by atoms with van der Waals surface area (Å²) in [4.78, 5) is 37.7. The molecule has 0 unspecified atom stereocenters. The van der Waals surface area contributed by atoms with E-state index in [9.17, 15) is 14.4 Å². The van der Waals surface area contributed by atoms with E-state index in [-0.39, 0.29) is 23.8 Å². The van der Waals surface area contributed by atoms with Crippen LogP contribution in [-0.2, 0) is 18.9 Å². The molecule has 0 radical (unpaired) electrons. The molecule has 1 N–H and O–H groups in total. The lowest BCUT2D eigenvalue weighted by Gasteiger charge is -2.27. The van der Waals surface area contributed by atoms with Crippen molar-refractivity contribution in [3.63, 3.8) is 0 Å². The maximum absolute atomic E-state index is 12.1. The van der Waals surface area contributed by atoms with Crippen molar-refractivity contribution in [2.75, 3.05) is 25.0 Å². The second kappa shape index (κ2) is 6.47. The van der Waals surface area contributed by atoms with Gasteiger partial charge in [0.2, 0.25) is 5.91 Å². The lowest BCUT2D eigenvalue weighted by molar-refractivity contribution is -0.130. The molecule has 1 aromatic rings. The topological polar surface area (TPSA) is 100 Å². The van der Waals surface area contributed by atoms with Crippen LogP contribution < -0.4 is 16.6 Å². The first-order chi connectivity index (χ1) is 10.5. The van der Waals surface area contributed by atoms with Gasteiger partial charge in [-0.2, -0.15) is 5.26 Å². The monoisotopic (exact) mass is 305 g/mol. The van der Waals surface area contributed by atoms with E-state index >= 15 is 0 Å². The molecule has 8 nitrogen and oxygen atoms in total. The third-order valence-electron chi connectivity index (χ3n) is 3.89. The van der Waals surface area contributed by atoms with Gasteiger partial charge in [0.05, 0.1) is 6.54 Å². The Morgan fingerprint density at radius 1 is 1.18 bits per heavy atom. The van der Waals surface area contributed by atoms with Crippen LogP contribution in [0.5, 0.6) is 0 Å². The van der Waals surface area contributed by atoms with Crippen molar-refractivity contribution >= 4 is 11.7 Å². The summed E-state index contributed by atoms with van der Waals surface area (Å²) in [7, 11) is 2.77. The molecule has 8 heteroatoms. The number of aromatic nitrogens is 2. The van der Waals surface area contributed by atoms with E-state index in [4.69, 9.17) is 5.26 Å². The van der Waals surface area contributed by atoms with E-state index in [1.165, 1.54) is 18.7 Å². The number of rotatable bonds is 3. The smallest absolute Gasteiger partial charge is 0.332 e. The number of piperidine rings is 1. The molecule has 2 rings (SSSR count). The lowest BCUT2D eigenvalue weighted by Crippen LogP contribution is -2.42. The normalized spacial score (nSPS) is 14.5. The number of nitrogens with zero attached hydrogens (tertiary/aromatic N) is 4. The number of amides is 1. The van der Waals surface area contributed by atoms with Crippen molar-refractivity contribution in [2.45, 2.75) is 19.3 Å². The first kappa shape index (κ1) is 15.8. The third-order valence-corrected chi connectivity index (χ3v) is 3.89. The predicted molar refractivity (Wildman–Crippen MR) is 80.6 cm³/mol. The second-order valence-electron chi connectivity index (χ2n) is 5.34. The van der Waals surface area contributed by atoms with Gasteiger partial charge in [-0.1, -0.05) is 0 Å². The van der Waals surface area contributed by atoms with Crippen LogP contribution in [-0.4, -0.2) is 39.6 Å². The molecule has 0 saturated carbocycles. The highest BCUT2D eigenvalue weighted by molar-refractivity contribution is 5.81. The van der Waals surface area contributed by atoms with E-state index in [1.54, 1.807) is 11.0 Å². The Morgan fingerprint density at radius 3 is 2.41 bits per heavy atom. The molecule has 0 spiro atoms. The number of hydrogen-bond donors (Lipinski definition) is 1. The number of nitriles is 1. The largest absolute Gasteiger partial charge is 0.361 e. The van der Waals surface area contributed by atoms with E-state index in [1.807, 2.05) is 0 Å². The van der Waals surface area contributed by atoms with Crippen LogP contribution in [0.3, 0.4) is 0 Å². The van der Waals surface area contributed by atoms with E-state index in [0.29, 0.717) is 0 Å². The van der Waals surface area contributed by atoms with Crippen LogP contribution in [0.25, 0.3) is 0 Å². The summed E-state index contributed by atoms with van der Waals surface area (Å²) < 4.78 is 2.04. The van der Waals surface area contributed by atoms with Gasteiger partial charge >= 0.3 is 5.69 Å². The highest BCUT2D eigenvalue weighted by Gasteiger charge is 2.19. The third kappa shape index (κ3) is 2.88. The summed E-state index contributed by atoms with van der Waals surface area (Å²) >= 11 is 0. The molecule has 1 aromatic heterocycles. The zero-order valence-corrected chi connectivity index (χ0v) is 12.8. The highest BCUT2D eigenvalue weighted by atomic mass is 16.2. The molecule has 1 amide bonds. The first-order valence-electron chi connectivity index (χ1n) is 7.19. The SMILES string of the molecule is Cn1c(NCC(=O)N2CCCCC2)c(C#N)c(=O)n(C)c1=O. The number of anilines is 1. The Bertz CT molecular complexity index is 735. The molecule has 0 aromatic carbocycles. The van der Waals surface area contributed by atoms with Gasteiger partial charge in [0.15, 0.2) is 5.56 Å². The summed E-state index contributed by atoms with van der Waals surface area (Å²) in [6.45, 7) is 1.40. The fraction of sp³-hybridized carbons (Fsp3) is 0.571. The lowest BCUT2D eigenvalue weighted by atomic mass is 10.1. The maximum atomic E-state index is 12.1. The molecule has 118 valence electrons. The van der Waals surface area contributed by atoms with E-state index < -0.39 is 11.2 Å². The molecule has 22 heavy (non-hydrogen) atoms. The minimum atomic E-state index is -0.668. The summed E-state index contributed by atoms with van der Waals surface area (Å²) in [5.74, 6) is -0.0160. The van der Waals surface area contributed by atoms with Gasteiger partial charge < -0.3 is 10.2 Å². The summed E-state index contributed by atoms with van der Waals surface area (Å²) in [5.41, 5.74) is -1.38. The van der Waals surface area contributed by atoms with Crippen LogP contribution in [0.4, 0.5) is 5.82 Å². The van der Waals surface area contributed by atoms with Gasteiger partial charge in [-0.25, -0.2) is 4.79 Å². The molecule has 1 fully saturated rings. The number of hydrogen-bond acceptors (Lipinski definition) is 5. The summed E-state index contributed by atoms with van der Waals surface area (Å²) in [5, 5.41) is 11.9. The fourth-order valence-corrected chi connectivity index (χ4v) is 2.57. The van der Waals surface area contributed by atoms with Crippen molar-refractivity contribution < 1.29 is 4.79 Å². The van der Waals surface area contributed by atoms with Crippen molar-refractivity contribution in [3.05, 3.63) is 26.4 Å².